The van der Waals surface area contributed by atoms with E-state index in [0.29, 0.717) is 6.42 Å². The first-order valence-corrected chi connectivity index (χ1v) is 3.15. The van der Waals surface area contributed by atoms with Gasteiger partial charge in [0.2, 0.25) is 0 Å². The SMILES string of the molecule is OC1CCCC(O)C1.[NaH]. The Labute approximate surface area is 77.6 Å². The quantitative estimate of drug-likeness (QED) is 0.451. The average Bonchev–Trinajstić information content (AvgIpc) is 1.64. The van der Waals surface area contributed by atoms with Crippen molar-refractivity contribution in [3.05, 3.63) is 0 Å². The van der Waals surface area contributed by atoms with Crippen molar-refractivity contribution in [1.29, 1.82) is 0 Å². The van der Waals surface area contributed by atoms with E-state index in [1.54, 1.807) is 0 Å². The van der Waals surface area contributed by atoms with Crippen molar-refractivity contribution in [2.75, 3.05) is 0 Å². The molecule has 0 radical (unpaired) electrons. The minimum atomic E-state index is -0.237. The second-order valence-electron chi connectivity index (χ2n) is 2.47. The molecule has 2 unspecified atom stereocenters. The molecule has 0 amide bonds. The molecule has 0 heterocycles. The summed E-state index contributed by atoms with van der Waals surface area (Å²) in [6, 6.07) is 0. The number of aliphatic hydroxyl groups is 2. The third kappa shape index (κ3) is 3.58. The van der Waals surface area contributed by atoms with Gasteiger partial charge in [-0.2, -0.15) is 0 Å². The van der Waals surface area contributed by atoms with E-state index in [1.807, 2.05) is 0 Å². The molecule has 2 N–H and O–H groups in total. The third-order valence-electron chi connectivity index (χ3n) is 1.62. The van der Waals surface area contributed by atoms with Gasteiger partial charge in [-0.1, -0.05) is 0 Å². The van der Waals surface area contributed by atoms with Crippen molar-refractivity contribution < 1.29 is 10.2 Å². The van der Waals surface area contributed by atoms with Gasteiger partial charge in [-0.05, 0) is 25.7 Å². The molecule has 0 bridgehead atoms. The van der Waals surface area contributed by atoms with Crippen LogP contribution in [0.1, 0.15) is 25.7 Å². The number of hydrogen-bond donors (Lipinski definition) is 2. The summed E-state index contributed by atoms with van der Waals surface area (Å²) in [4.78, 5) is 0. The van der Waals surface area contributed by atoms with Crippen LogP contribution in [0, 0.1) is 0 Å². The molecular weight excluding hydrogens is 127 g/mol. The van der Waals surface area contributed by atoms with Crippen molar-refractivity contribution in [2.45, 2.75) is 37.9 Å². The monoisotopic (exact) mass is 140 g/mol. The standard InChI is InChI=1S/C6H12O2.Na.H/c7-5-2-1-3-6(8)4-5;;/h5-8H,1-4H2;;. The summed E-state index contributed by atoms with van der Waals surface area (Å²) in [5.41, 5.74) is 0. The summed E-state index contributed by atoms with van der Waals surface area (Å²) < 4.78 is 0. The fourth-order valence-electron chi connectivity index (χ4n) is 1.14. The molecule has 1 fully saturated rings. The van der Waals surface area contributed by atoms with Crippen molar-refractivity contribution in [3.63, 3.8) is 0 Å². The van der Waals surface area contributed by atoms with Gasteiger partial charge < -0.3 is 10.2 Å². The maximum atomic E-state index is 8.92. The van der Waals surface area contributed by atoms with Gasteiger partial charge in [0.1, 0.15) is 0 Å². The summed E-state index contributed by atoms with van der Waals surface area (Å²) in [5.74, 6) is 0. The maximum absolute atomic E-state index is 8.92. The first kappa shape index (κ1) is 9.92. The van der Waals surface area contributed by atoms with E-state index in [-0.39, 0.29) is 41.8 Å². The number of hydrogen-bond acceptors (Lipinski definition) is 2. The topological polar surface area (TPSA) is 40.5 Å². The third-order valence-corrected chi connectivity index (χ3v) is 1.62. The second kappa shape index (κ2) is 4.69. The Morgan fingerprint density at radius 3 is 1.67 bits per heavy atom. The molecule has 50 valence electrons. The molecule has 1 aliphatic carbocycles. The Balaban J connectivity index is 0.000000640. The Hall–Kier alpha value is 0.920. The zero-order valence-corrected chi connectivity index (χ0v) is 4.88. The molecule has 0 saturated heterocycles. The Kier molecular flexibility index (Phi) is 5.17. The minimum absolute atomic E-state index is 0. The van der Waals surface area contributed by atoms with Crippen LogP contribution in [0.5, 0.6) is 0 Å². The van der Waals surface area contributed by atoms with E-state index in [2.05, 4.69) is 0 Å². The molecule has 1 saturated carbocycles. The summed E-state index contributed by atoms with van der Waals surface area (Å²) >= 11 is 0. The van der Waals surface area contributed by atoms with Crippen molar-refractivity contribution >= 4 is 29.6 Å². The molecule has 1 aliphatic rings. The fourth-order valence-corrected chi connectivity index (χ4v) is 1.14. The van der Waals surface area contributed by atoms with Crippen LogP contribution in [-0.4, -0.2) is 52.0 Å². The molecule has 0 aliphatic heterocycles. The molecule has 0 aromatic rings. The van der Waals surface area contributed by atoms with Crippen LogP contribution in [0.15, 0.2) is 0 Å². The van der Waals surface area contributed by atoms with E-state index in [9.17, 15) is 0 Å². The number of rotatable bonds is 0. The van der Waals surface area contributed by atoms with Gasteiger partial charge in [0.15, 0.2) is 0 Å². The summed E-state index contributed by atoms with van der Waals surface area (Å²) in [7, 11) is 0. The van der Waals surface area contributed by atoms with Crippen LogP contribution in [-0.2, 0) is 0 Å². The van der Waals surface area contributed by atoms with E-state index >= 15 is 0 Å². The van der Waals surface area contributed by atoms with Crippen molar-refractivity contribution in [3.8, 4) is 0 Å². The summed E-state index contributed by atoms with van der Waals surface area (Å²) in [5, 5.41) is 17.8. The molecule has 0 aromatic heterocycles. The summed E-state index contributed by atoms with van der Waals surface area (Å²) in [6.07, 6.45) is 2.83. The molecule has 1 rings (SSSR count). The predicted molar refractivity (Wildman–Crippen MR) is 37.6 cm³/mol. The van der Waals surface area contributed by atoms with Gasteiger partial charge in [0, 0.05) is 0 Å². The normalized spacial score (nSPS) is 35.3. The van der Waals surface area contributed by atoms with Gasteiger partial charge >= 0.3 is 29.6 Å². The Morgan fingerprint density at radius 2 is 1.44 bits per heavy atom. The van der Waals surface area contributed by atoms with Gasteiger partial charge in [-0.3, -0.25) is 0 Å². The average molecular weight is 140 g/mol. The van der Waals surface area contributed by atoms with E-state index in [1.165, 1.54) is 0 Å². The van der Waals surface area contributed by atoms with Crippen molar-refractivity contribution in [2.24, 2.45) is 0 Å². The van der Waals surface area contributed by atoms with Gasteiger partial charge in [-0.15, -0.1) is 0 Å². The van der Waals surface area contributed by atoms with Crippen LogP contribution in [0.3, 0.4) is 0 Å². The first-order chi connectivity index (χ1) is 3.79. The summed E-state index contributed by atoms with van der Waals surface area (Å²) in [6.45, 7) is 0. The van der Waals surface area contributed by atoms with Gasteiger partial charge in [-0.25, -0.2) is 0 Å². The van der Waals surface area contributed by atoms with Gasteiger partial charge in [0.05, 0.1) is 12.2 Å². The molecule has 2 nitrogen and oxygen atoms in total. The van der Waals surface area contributed by atoms with Gasteiger partial charge in [0.25, 0.3) is 0 Å². The number of aliphatic hydroxyl groups excluding tert-OH is 2. The zero-order valence-electron chi connectivity index (χ0n) is 4.88. The van der Waals surface area contributed by atoms with E-state index in [0.717, 1.165) is 19.3 Å². The van der Waals surface area contributed by atoms with Crippen LogP contribution in [0.25, 0.3) is 0 Å². The van der Waals surface area contributed by atoms with Crippen LogP contribution in [0.4, 0.5) is 0 Å². The molecule has 0 aromatic carbocycles. The van der Waals surface area contributed by atoms with Crippen molar-refractivity contribution in [1.82, 2.24) is 0 Å². The predicted octanol–water partition coefficient (Wildman–Crippen LogP) is -0.366. The molecule has 9 heavy (non-hydrogen) atoms. The van der Waals surface area contributed by atoms with Crippen LogP contribution in [0.2, 0.25) is 0 Å². The van der Waals surface area contributed by atoms with Crippen LogP contribution >= 0.6 is 0 Å². The second-order valence-corrected chi connectivity index (χ2v) is 2.47. The molecular formula is C6H13NaO2. The molecule has 3 heteroatoms. The Bertz CT molecular complexity index is 69.5. The first-order valence-electron chi connectivity index (χ1n) is 3.15. The van der Waals surface area contributed by atoms with Crippen LogP contribution < -0.4 is 0 Å². The molecule has 0 spiro atoms. The van der Waals surface area contributed by atoms with E-state index < -0.39 is 0 Å². The molecule has 2 atom stereocenters. The zero-order chi connectivity index (χ0) is 5.98. The Morgan fingerprint density at radius 1 is 1.00 bits per heavy atom. The fraction of sp³-hybridized carbons (Fsp3) is 1.00. The van der Waals surface area contributed by atoms with E-state index in [4.69, 9.17) is 10.2 Å².